The molecule has 4 nitrogen and oxygen atoms in total. The van der Waals surface area contributed by atoms with Gasteiger partial charge in [0.2, 0.25) is 0 Å². The molecular weight excluding hydrogens is 496 g/mol. The van der Waals surface area contributed by atoms with Crippen molar-refractivity contribution in [2.45, 2.75) is 25.7 Å². The normalized spacial score (nSPS) is 11.3. The first-order valence-electron chi connectivity index (χ1n) is 13.9. The van der Waals surface area contributed by atoms with Gasteiger partial charge in [0.15, 0.2) is 0 Å². The Kier molecular flexibility index (Phi) is 7.41. The van der Waals surface area contributed by atoms with E-state index in [0.717, 1.165) is 68.8 Å². The van der Waals surface area contributed by atoms with Crippen LogP contribution in [0.25, 0.3) is 43.1 Å². The summed E-state index contributed by atoms with van der Waals surface area (Å²) in [5.41, 5.74) is 1.25. The lowest BCUT2D eigenvalue weighted by Crippen LogP contribution is -2.09. The molecule has 0 atom stereocenters. The first-order valence-corrected chi connectivity index (χ1v) is 13.9. The van der Waals surface area contributed by atoms with Crippen LogP contribution in [0.5, 0.6) is 0 Å². The molecule has 0 bridgehead atoms. The van der Waals surface area contributed by atoms with Crippen LogP contribution < -0.4 is 0 Å². The summed E-state index contributed by atoms with van der Waals surface area (Å²) in [5, 5.41) is 7.75. The van der Waals surface area contributed by atoms with Crippen LogP contribution >= 0.6 is 0 Å². The molecule has 0 aliphatic heterocycles. The van der Waals surface area contributed by atoms with Crippen molar-refractivity contribution in [2.75, 3.05) is 13.2 Å². The van der Waals surface area contributed by atoms with Gasteiger partial charge in [-0.1, -0.05) is 97.1 Å². The fourth-order valence-electron chi connectivity index (χ4n) is 5.50. The van der Waals surface area contributed by atoms with E-state index >= 15 is 0 Å². The van der Waals surface area contributed by atoms with Crippen LogP contribution in [0.3, 0.4) is 0 Å². The minimum absolute atomic E-state index is 0.288. The van der Waals surface area contributed by atoms with Crippen LogP contribution in [0.1, 0.15) is 46.4 Å². The number of fused-ring (bicyclic) bond motifs is 4. The minimum Gasteiger partial charge on any atom is -0.462 e. The molecule has 0 saturated carbocycles. The van der Waals surface area contributed by atoms with Gasteiger partial charge in [-0.3, -0.25) is 0 Å². The Labute approximate surface area is 233 Å². The largest absolute Gasteiger partial charge is 0.462 e. The Morgan fingerprint density at radius 3 is 1.05 bits per heavy atom. The van der Waals surface area contributed by atoms with Gasteiger partial charge < -0.3 is 9.47 Å². The molecule has 0 saturated heterocycles. The number of rotatable bonds is 9. The second-order valence-electron chi connectivity index (χ2n) is 10.1. The van der Waals surface area contributed by atoms with Crippen molar-refractivity contribution in [3.05, 3.63) is 120 Å². The number of carbonyl (C=O) groups is 2. The summed E-state index contributed by atoms with van der Waals surface area (Å²) < 4.78 is 11.4. The maximum absolute atomic E-state index is 13.1. The molecule has 0 aromatic heterocycles. The molecule has 6 aromatic rings. The monoisotopic (exact) mass is 526 g/mol. The van der Waals surface area contributed by atoms with Crippen LogP contribution in [-0.4, -0.2) is 25.2 Å². The summed E-state index contributed by atoms with van der Waals surface area (Å²) in [5.74, 6) is -0.575. The predicted octanol–water partition coefficient (Wildman–Crippen LogP) is 8.87. The highest BCUT2D eigenvalue weighted by atomic mass is 16.5. The lowest BCUT2D eigenvalue weighted by atomic mass is 9.97. The lowest BCUT2D eigenvalue weighted by Gasteiger charge is -2.12. The fourth-order valence-corrected chi connectivity index (χ4v) is 5.50. The van der Waals surface area contributed by atoms with Crippen molar-refractivity contribution in [3.8, 4) is 0 Å². The molecule has 0 spiro atoms. The molecule has 4 heteroatoms. The third-order valence-corrected chi connectivity index (χ3v) is 7.46. The summed E-state index contributed by atoms with van der Waals surface area (Å²) in [6, 6.07) is 35.9. The lowest BCUT2D eigenvalue weighted by molar-refractivity contribution is 0.0478. The molecule has 0 N–H and O–H groups in total. The maximum Gasteiger partial charge on any atom is 0.339 e. The van der Waals surface area contributed by atoms with E-state index in [-0.39, 0.29) is 11.9 Å². The van der Waals surface area contributed by atoms with E-state index in [4.69, 9.17) is 9.47 Å². The van der Waals surface area contributed by atoms with E-state index in [9.17, 15) is 9.59 Å². The predicted molar refractivity (Wildman–Crippen MR) is 162 cm³/mol. The Hall–Kier alpha value is -4.70. The SMILES string of the molecule is O=C(OCCCCCCOC(=O)c1c2ccccc2cc2ccccc12)c1c2ccccc2cc2ccccc12. The number of esters is 2. The van der Waals surface area contributed by atoms with Gasteiger partial charge in [0, 0.05) is 0 Å². The van der Waals surface area contributed by atoms with E-state index in [1.54, 1.807) is 0 Å². The molecule has 6 aromatic carbocycles. The van der Waals surface area contributed by atoms with Crippen molar-refractivity contribution >= 4 is 55.0 Å². The molecule has 0 radical (unpaired) electrons. The smallest absolute Gasteiger partial charge is 0.339 e. The average Bonchev–Trinajstić information content (AvgIpc) is 2.99. The molecule has 0 amide bonds. The van der Waals surface area contributed by atoms with Crippen molar-refractivity contribution in [1.82, 2.24) is 0 Å². The summed E-state index contributed by atoms with van der Waals surface area (Å²) >= 11 is 0. The second-order valence-corrected chi connectivity index (χ2v) is 10.1. The van der Waals surface area contributed by atoms with Crippen LogP contribution in [0.15, 0.2) is 109 Å². The highest BCUT2D eigenvalue weighted by molar-refractivity contribution is 6.17. The van der Waals surface area contributed by atoms with Gasteiger partial charge in [0.25, 0.3) is 0 Å². The Bertz CT molecular complexity index is 1610. The van der Waals surface area contributed by atoms with Crippen molar-refractivity contribution < 1.29 is 19.1 Å². The van der Waals surface area contributed by atoms with E-state index in [1.165, 1.54) is 0 Å². The third-order valence-electron chi connectivity index (χ3n) is 7.46. The highest BCUT2D eigenvalue weighted by Crippen LogP contribution is 2.30. The van der Waals surface area contributed by atoms with Gasteiger partial charge in [-0.15, -0.1) is 0 Å². The van der Waals surface area contributed by atoms with Crippen molar-refractivity contribution in [3.63, 3.8) is 0 Å². The minimum atomic E-state index is -0.288. The molecule has 0 aliphatic carbocycles. The Morgan fingerprint density at radius 2 is 0.725 bits per heavy atom. The zero-order valence-corrected chi connectivity index (χ0v) is 22.3. The number of ether oxygens (including phenoxy) is 2. The van der Waals surface area contributed by atoms with Gasteiger partial charge in [-0.25, -0.2) is 9.59 Å². The standard InChI is InChI=1S/C36H30O4/c37-35(33-29-17-7-3-13-25(29)23-26-14-4-8-18-30(26)33)39-21-11-1-2-12-22-40-36(38)34-31-19-9-5-15-27(31)24-28-16-6-10-20-32(28)34/h3-10,13-20,23-24H,1-2,11-12,21-22H2. The van der Waals surface area contributed by atoms with Crippen LogP contribution in [0.2, 0.25) is 0 Å². The first kappa shape index (κ1) is 25.6. The molecule has 6 rings (SSSR count). The Morgan fingerprint density at radius 1 is 0.425 bits per heavy atom. The van der Waals surface area contributed by atoms with Crippen LogP contribution in [-0.2, 0) is 9.47 Å². The first-order chi connectivity index (χ1) is 19.7. The van der Waals surface area contributed by atoms with Crippen molar-refractivity contribution in [2.24, 2.45) is 0 Å². The fraction of sp³-hybridized carbons (Fsp3) is 0.167. The van der Waals surface area contributed by atoms with Gasteiger partial charge in [-0.2, -0.15) is 0 Å². The summed E-state index contributed by atoms with van der Waals surface area (Å²) in [4.78, 5) is 26.2. The van der Waals surface area contributed by atoms with Gasteiger partial charge in [0.05, 0.1) is 24.3 Å². The molecule has 0 fully saturated rings. The summed E-state index contributed by atoms with van der Waals surface area (Å²) in [7, 11) is 0. The number of benzene rings is 6. The van der Waals surface area contributed by atoms with Crippen molar-refractivity contribution in [1.29, 1.82) is 0 Å². The van der Waals surface area contributed by atoms with Gasteiger partial charge in [-0.05, 0) is 80.9 Å². The van der Waals surface area contributed by atoms with E-state index in [1.807, 2.05) is 97.1 Å². The molecule has 40 heavy (non-hydrogen) atoms. The molecule has 0 aliphatic rings. The highest BCUT2D eigenvalue weighted by Gasteiger charge is 2.17. The number of unbranched alkanes of at least 4 members (excludes halogenated alkanes) is 3. The average molecular weight is 527 g/mol. The summed E-state index contributed by atoms with van der Waals surface area (Å²) in [6.45, 7) is 0.719. The Balaban J connectivity index is 1.01. The van der Waals surface area contributed by atoms with Crippen LogP contribution in [0.4, 0.5) is 0 Å². The van der Waals surface area contributed by atoms with Crippen LogP contribution in [0, 0.1) is 0 Å². The van der Waals surface area contributed by atoms with E-state index in [0.29, 0.717) is 24.3 Å². The zero-order chi connectivity index (χ0) is 27.3. The summed E-state index contributed by atoms with van der Waals surface area (Å²) in [6.07, 6.45) is 3.29. The quantitative estimate of drug-likeness (QED) is 0.107. The number of hydrogen-bond acceptors (Lipinski definition) is 4. The molecule has 0 heterocycles. The second kappa shape index (κ2) is 11.6. The van der Waals surface area contributed by atoms with E-state index < -0.39 is 0 Å². The molecule has 198 valence electrons. The zero-order valence-electron chi connectivity index (χ0n) is 22.3. The van der Waals surface area contributed by atoms with Gasteiger partial charge in [0.1, 0.15) is 0 Å². The molecule has 0 unspecified atom stereocenters. The number of hydrogen-bond donors (Lipinski definition) is 0. The van der Waals surface area contributed by atoms with Gasteiger partial charge >= 0.3 is 11.9 Å². The number of carbonyl (C=O) groups excluding carboxylic acids is 2. The maximum atomic E-state index is 13.1. The molecular formula is C36H30O4. The van der Waals surface area contributed by atoms with E-state index in [2.05, 4.69) is 12.1 Å². The third kappa shape index (κ3) is 5.13. The topological polar surface area (TPSA) is 52.6 Å².